The van der Waals surface area contributed by atoms with Crippen LogP contribution in [0.2, 0.25) is 17.3 Å². The van der Waals surface area contributed by atoms with E-state index in [1.165, 1.54) is 21.1 Å². The van der Waals surface area contributed by atoms with Crippen molar-refractivity contribution >= 4 is 28.6 Å². The van der Waals surface area contributed by atoms with E-state index in [4.69, 9.17) is 0 Å². The van der Waals surface area contributed by atoms with Gasteiger partial charge in [-0.1, -0.05) is 6.07 Å². The molecule has 0 aliphatic heterocycles. The third-order valence-corrected chi connectivity index (χ3v) is 9.37. The fourth-order valence-electron chi connectivity index (χ4n) is 3.51. The van der Waals surface area contributed by atoms with Gasteiger partial charge in [-0.2, -0.15) is 0 Å². The molecule has 0 spiro atoms. The van der Waals surface area contributed by atoms with Gasteiger partial charge in [0.1, 0.15) is 0 Å². The van der Waals surface area contributed by atoms with Gasteiger partial charge in [-0.25, -0.2) is 0 Å². The number of hydrogen-bond donors (Lipinski definition) is 0. The van der Waals surface area contributed by atoms with Crippen molar-refractivity contribution in [2.75, 3.05) is 0 Å². The monoisotopic (exact) mass is 414 g/mol. The summed E-state index contributed by atoms with van der Waals surface area (Å²) in [6.45, 7) is 2.17. The third kappa shape index (κ3) is 3.54. The van der Waals surface area contributed by atoms with E-state index in [9.17, 15) is 0 Å². The number of benzene rings is 3. The molecular formula is C24H24GeN2. The van der Waals surface area contributed by atoms with Crippen molar-refractivity contribution in [1.29, 1.82) is 0 Å². The molecule has 4 rings (SSSR count). The van der Waals surface area contributed by atoms with E-state index >= 15 is 0 Å². The zero-order valence-electron chi connectivity index (χ0n) is 16.3. The molecular weight excluding hydrogens is 389 g/mol. The molecule has 2 nitrogen and oxygen atoms in total. The minimum atomic E-state index is -1.87. The summed E-state index contributed by atoms with van der Waals surface area (Å²) in [4.78, 5) is 9.16. The first-order valence-corrected chi connectivity index (χ1v) is 16.7. The molecule has 0 atom stereocenters. The SMILES string of the molecule is Cc1cc(-c2ncnc3c[c]([Ge]([CH3])([CH3])[CH3])ccc23)ccc1-c1ccccc1. The van der Waals surface area contributed by atoms with E-state index in [-0.39, 0.29) is 0 Å². The van der Waals surface area contributed by atoms with Gasteiger partial charge in [0.25, 0.3) is 0 Å². The van der Waals surface area contributed by atoms with Crippen molar-refractivity contribution < 1.29 is 0 Å². The average Bonchev–Trinajstić information content (AvgIpc) is 2.67. The van der Waals surface area contributed by atoms with Crippen molar-refractivity contribution in [2.24, 2.45) is 0 Å². The maximum absolute atomic E-state index is 4.62. The number of aryl methyl sites for hydroxylation is 1. The Morgan fingerprint density at radius 1 is 0.741 bits per heavy atom. The second-order valence-electron chi connectivity index (χ2n) is 8.10. The Kier molecular flexibility index (Phi) is 4.60. The van der Waals surface area contributed by atoms with E-state index in [1.54, 1.807) is 6.33 Å². The Morgan fingerprint density at radius 2 is 1.52 bits per heavy atom. The van der Waals surface area contributed by atoms with Crippen molar-refractivity contribution in [1.82, 2.24) is 9.97 Å². The number of nitrogens with zero attached hydrogens (tertiary/aromatic N) is 2. The molecule has 0 fully saturated rings. The molecule has 1 aromatic heterocycles. The molecule has 0 radical (unpaired) electrons. The Balaban J connectivity index is 1.82. The van der Waals surface area contributed by atoms with Gasteiger partial charge < -0.3 is 0 Å². The first-order valence-electron chi connectivity index (χ1n) is 9.35. The molecule has 0 saturated carbocycles. The summed E-state index contributed by atoms with van der Waals surface area (Å²) < 4.78 is 1.47. The normalized spacial score (nSPS) is 11.7. The van der Waals surface area contributed by atoms with Gasteiger partial charge in [0.2, 0.25) is 0 Å². The van der Waals surface area contributed by atoms with Crippen LogP contribution < -0.4 is 4.40 Å². The van der Waals surface area contributed by atoms with Crippen molar-refractivity contribution in [3.63, 3.8) is 0 Å². The molecule has 4 aromatic rings. The third-order valence-electron chi connectivity index (χ3n) is 5.09. The van der Waals surface area contributed by atoms with Gasteiger partial charge in [-0.3, -0.25) is 0 Å². The van der Waals surface area contributed by atoms with Gasteiger partial charge >= 0.3 is 158 Å². The van der Waals surface area contributed by atoms with E-state index < -0.39 is 13.3 Å². The van der Waals surface area contributed by atoms with Crippen LogP contribution in [0.15, 0.2) is 73.1 Å². The molecule has 0 aliphatic rings. The number of hydrogen-bond acceptors (Lipinski definition) is 2. The van der Waals surface area contributed by atoms with Gasteiger partial charge in [0.15, 0.2) is 0 Å². The summed E-state index contributed by atoms with van der Waals surface area (Å²) in [5, 5.41) is 1.12. The zero-order valence-corrected chi connectivity index (χ0v) is 18.4. The number of rotatable bonds is 3. The Morgan fingerprint density at radius 3 is 2.22 bits per heavy atom. The minimum absolute atomic E-state index is 1.01. The van der Waals surface area contributed by atoms with E-state index in [2.05, 4.69) is 101 Å². The van der Waals surface area contributed by atoms with E-state index in [0.29, 0.717) is 0 Å². The summed E-state index contributed by atoms with van der Waals surface area (Å²) in [6.07, 6.45) is 1.69. The molecule has 3 aromatic carbocycles. The summed E-state index contributed by atoms with van der Waals surface area (Å²) in [5.41, 5.74) is 6.96. The second kappa shape index (κ2) is 6.93. The molecule has 0 unspecified atom stereocenters. The molecule has 0 aliphatic carbocycles. The predicted molar refractivity (Wildman–Crippen MR) is 118 cm³/mol. The Labute approximate surface area is 163 Å². The first-order chi connectivity index (χ1) is 12.9. The molecule has 1 heterocycles. The quantitative estimate of drug-likeness (QED) is 0.396. The topological polar surface area (TPSA) is 25.8 Å². The molecule has 3 heteroatoms. The summed E-state index contributed by atoms with van der Waals surface area (Å²) in [6, 6.07) is 23.9. The van der Waals surface area contributed by atoms with Crippen LogP contribution in [0.25, 0.3) is 33.3 Å². The van der Waals surface area contributed by atoms with Crippen LogP contribution in [-0.2, 0) is 0 Å². The molecule has 0 bridgehead atoms. The van der Waals surface area contributed by atoms with E-state index in [1.807, 2.05) is 0 Å². The molecule has 0 saturated heterocycles. The van der Waals surface area contributed by atoms with Crippen LogP contribution in [0, 0.1) is 6.92 Å². The number of aromatic nitrogens is 2. The molecule has 27 heavy (non-hydrogen) atoms. The summed E-state index contributed by atoms with van der Waals surface area (Å²) in [5.74, 6) is 7.23. The van der Waals surface area contributed by atoms with Crippen molar-refractivity contribution in [3.8, 4) is 22.4 Å². The maximum atomic E-state index is 4.62. The summed E-state index contributed by atoms with van der Waals surface area (Å²) >= 11 is -1.87. The van der Waals surface area contributed by atoms with Gasteiger partial charge in [0, 0.05) is 0 Å². The van der Waals surface area contributed by atoms with Crippen LogP contribution in [0.3, 0.4) is 0 Å². The fraction of sp³-hybridized carbons (Fsp3) is 0.167. The van der Waals surface area contributed by atoms with Crippen LogP contribution in [-0.4, -0.2) is 23.2 Å². The standard InChI is InChI=1S/C24H24GeN2/c1-17-14-19(10-12-21(17)18-8-6-5-7-9-18)24-22-13-11-20(25(2,3)4)15-23(22)26-16-27-24/h5-16H,1-4H3. The van der Waals surface area contributed by atoms with Gasteiger partial charge in [-0.15, -0.1) is 0 Å². The van der Waals surface area contributed by atoms with E-state index in [0.717, 1.165) is 22.2 Å². The van der Waals surface area contributed by atoms with Crippen LogP contribution >= 0.6 is 0 Å². The average molecular weight is 413 g/mol. The van der Waals surface area contributed by atoms with Crippen LogP contribution in [0.5, 0.6) is 0 Å². The number of fused-ring (bicyclic) bond motifs is 1. The zero-order chi connectivity index (χ0) is 19.0. The van der Waals surface area contributed by atoms with Crippen LogP contribution in [0.1, 0.15) is 5.56 Å². The summed E-state index contributed by atoms with van der Waals surface area (Å²) in [7, 11) is 0. The molecule has 0 N–H and O–H groups in total. The predicted octanol–water partition coefficient (Wildman–Crippen LogP) is 5.82. The van der Waals surface area contributed by atoms with Gasteiger partial charge in [0.05, 0.1) is 0 Å². The van der Waals surface area contributed by atoms with Gasteiger partial charge in [-0.05, 0) is 0 Å². The van der Waals surface area contributed by atoms with Crippen molar-refractivity contribution in [3.05, 3.63) is 78.6 Å². The van der Waals surface area contributed by atoms with Crippen LogP contribution in [0.4, 0.5) is 0 Å². The fourth-order valence-corrected chi connectivity index (χ4v) is 5.93. The second-order valence-corrected chi connectivity index (χ2v) is 18.8. The molecule has 134 valence electrons. The van der Waals surface area contributed by atoms with Crippen molar-refractivity contribution in [2.45, 2.75) is 24.2 Å². The first kappa shape index (κ1) is 17.9. The Bertz CT molecular complexity index is 1110. The Hall–Kier alpha value is -2.46. The molecule has 0 amide bonds.